The zero-order valence-electron chi connectivity index (χ0n) is 6.76. The lowest BCUT2D eigenvalue weighted by Gasteiger charge is -1.95. The van der Waals surface area contributed by atoms with Crippen LogP contribution in [0.3, 0.4) is 0 Å². The number of Topliss-reactive ketones (excluding diaryl/α,β-unsaturated/α-hetero) is 1. The Labute approximate surface area is 75.3 Å². The lowest BCUT2D eigenvalue weighted by molar-refractivity contribution is -0.149. The number of unbranched alkanes of at least 4 members (excludes halogenated alkanes) is 1. The molecule has 0 spiro atoms. The summed E-state index contributed by atoms with van der Waals surface area (Å²) in [6, 6.07) is 0. The fourth-order valence-corrected chi connectivity index (χ4v) is 1.25. The zero-order chi connectivity index (χ0) is 10.5. The lowest BCUT2D eigenvalue weighted by atomic mass is 10.2. The van der Waals surface area contributed by atoms with Gasteiger partial charge in [-0.15, -0.1) is 0 Å². The van der Waals surface area contributed by atoms with E-state index in [0.29, 0.717) is 0 Å². The van der Waals surface area contributed by atoms with Crippen LogP contribution < -0.4 is 0 Å². The first-order valence-corrected chi connectivity index (χ1v) is 5.15. The number of ketones is 1. The second-order valence-electron chi connectivity index (χ2n) is 2.47. The fraction of sp³-hybridized carbons (Fsp3) is 0.667. The number of carboxylic acid groups (broad SMARTS) is 1. The molecule has 6 nitrogen and oxygen atoms in total. The van der Waals surface area contributed by atoms with E-state index in [4.69, 9.17) is 9.66 Å². The van der Waals surface area contributed by atoms with Crippen molar-refractivity contribution < 1.29 is 27.7 Å². The Kier molecular flexibility index (Phi) is 4.57. The number of hydrogen-bond acceptors (Lipinski definition) is 4. The highest BCUT2D eigenvalue weighted by molar-refractivity contribution is 7.85. The zero-order valence-corrected chi connectivity index (χ0v) is 7.58. The number of rotatable bonds is 6. The molecule has 0 saturated carbocycles. The van der Waals surface area contributed by atoms with Crippen LogP contribution in [0.5, 0.6) is 0 Å². The van der Waals surface area contributed by atoms with Gasteiger partial charge in [0.25, 0.3) is 10.1 Å². The van der Waals surface area contributed by atoms with E-state index in [1.165, 1.54) is 0 Å². The third kappa shape index (κ3) is 7.41. The molecule has 0 aliphatic rings. The maximum absolute atomic E-state index is 10.5. The van der Waals surface area contributed by atoms with Gasteiger partial charge in [-0.3, -0.25) is 9.35 Å². The molecule has 0 aromatic carbocycles. The van der Waals surface area contributed by atoms with Gasteiger partial charge in [0, 0.05) is 6.42 Å². The van der Waals surface area contributed by atoms with Gasteiger partial charge in [-0.25, -0.2) is 4.79 Å². The lowest BCUT2D eigenvalue weighted by Crippen LogP contribution is -2.12. The van der Waals surface area contributed by atoms with Crippen LogP contribution in [0, 0.1) is 0 Å². The average molecular weight is 210 g/mol. The molecule has 0 unspecified atom stereocenters. The molecule has 0 aromatic heterocycles. The van der Waals surface area contributed by atoms with E-state index in [0.717, 1.165) is 0 Å². The molecule has 0 atom stereocenters. The van der Waals surface area contributed by atoms with Crippen LogP contribution in [-0.2, 0) is 19.7 Å². The van der Waals surface area contributed by atoms with Crippen LogP contribution in [0.15, 0.2) is 0 Å². The summed E-state index contributed by atoms with van der Waals surface area (Å²) in [5, 5.41) is 8.12. The molecule has 0 radical (unpaired) electrons. The van der Waals surface area contributed by atoms with Crippen LogP contribution in [0.1, 0.15) is 19.3 Å². The Morgan fingerprint density at radius 1 is 1.15 bits per heavy atom. The molecule has 0 fully saturated rings. The van der Waals surface area contributed by atoms with E-state index >= 15 is 0 Å². The molecule has 0 amide bonds. The van der Waals surface area contributed by atoms with E-state index in [1.807, 2.05) is 0 Å². The normalized spacial score (nSPS) is 11.2. The van der Waals surface area contributed by atoms with Gasteiger partial charge in [-0.2, -0.15) is 8.42 Å². The molecule has 0 heterocycles. The molecular formula is C6H10O6S. The molecule has 2 N–H and O–H groups in total. The second-order valence-corrected chi connectivity index (χ2v) is 4.04. The van der Waals surface area contributed by atoms with Crippen molar-refractivity contribution in [3.63, 3.8) is 0 Å². The van der Waals surface area contributed by atoms with Gasteiger partial charge in [0.15, 0.2) is 0 Å². The number of carbonyl (C=O) groups excluding carboxylic acids is 1. The summed E-state index contributed by atoms with van der Waals surface area (Å²) in [7, 11) is -4.00. The van der Waals surface area contributed by atoms with Crippen molar-refractivity contribution in [1.29, 1.82) is 0 Å². The Morgan fingerprint density at radius 2 is 1.69 bits per heavy atom. The van der Waals surface area contributed by atoms with E-state index in [2.05, 4.69) is 0 Å². The Bertz CT molecular complexity index is 290. The molecule has 13 heavy (non-hydrogen) atoms. The maximum atomic E-state index is 10.5. The first kappa shape index (κ1) is 12.0. The smallest absolute Gasteiger partial charge is 0.372 e. The molecule has 7 heteroatoms. The van der Waals surface area contributed by atoms with Crippen molar-refractivity contribution >= 4 is 21.9 Å². The van der Waals surface area contributed by atoms with Crippen LogP contribution in [0.25, 0.3) is 0 Å². The summed E-state index contributed by atoms with van der Waals surface area (Å²) in [6.45, 7) is 0. The van der Waals surface area contributed by atoms with Gasteiger partial charge in [0.2, 0.25) is 5.78 Å². The highest BCUT2D eigenvalue weighted by atomic mass is 32.2. The van der Waals surface area contributed by atoms with Crippen molar-refractivity contribution in [1.82, 2.24) is 0 Å². The fourth-order valence-electron chi connectivity index (χ4n) is 0.677. The van der Waals surface area contributed by atoms with Crippen LogP contribution in [0.2, 0.25) is 0 Å². The molecule has 0 bridgehead atoms. The van der Waals surface area contributed by atoms with Gasteiger partial charge in [-0.1, -0.05) is 0 Å². The summed E-state index contributed by atoms with van der Waals surface area (Å²) >= 11 is 0. The molecule has 0 aliphatic heterocycles. The van der Waals surface area contributed by atoms with Gasteiger partial charge in [-0.05, 0) is 12.8 Å². The van der Waals surface area contributed by atoms with Crippen LogP contribution >= 0.6 is 0 Å². The third-order valence-corrected chi connectivity index (χ3v) is 2.10. The largest absolute Gasteiger partial charge is 0.476 e. The van der Waals surface area contributed by atoms with Crippen LogP contribution in [-0.4, -0.2) is 35.6 Å². The van der Waals surface area contributed by atoms with Crippen LogP contribution in [0.4, 0.5) is 0 Å². The summed E-state index contributed by atoms with van der Waals surface area (Å²) in [5.74, 6) is -2.91. The van der Waals surface area contributed by atoms with Gasteiger partial charge in [0.1, 0.15) is 0 Å². The SMILES string of the molecule is O=C(O)C(=O)CCCCS(=O)(=O)O. The van der Waals surface area contributed by atoms with E-state index in [1.54, 1.807) is 0 Å². The van der Waals surface area contributed by atoms with Gasteiger partial charge >= 0.3 is 5.97 Å². The minimum Gasteiger partial charge on any atom is -0.476 e. The number of aliphatic carboxylic acids is 1. The summed E-state index contributed by atoms with van der Waals surface area (Å²) in [4.78, 5) is 20.4. The Hall–Kier alpha value is -0.950. The van der Waals surface area contributed by atoms with E-state index in [-0.39, 0.29) is 19.3 Å². The van der Waals surface area contributed by atoms with Crippen molar-refractivity contribution in [2.75, 3.05) is 5.75 Å². The quantitative estimate of drug-likeness (QED) is 0.354. The molecule has 76 valence electrons. The molecule has 0 aromatic rings. The highest BCUT2D eigenvalue weighted by Gasteiger charge is 2.11. The standard InChI is InChI=1S/C6H10O6S/c7-5(6(8)9)3-1-2-4-13(10,11)12/h1-4H2,(H,8,9)(H,10,11,12). The Morgan fingerprint density at radius 3 is 2.08 bits per heavy atom. The topological polar surface area (TPSA) is 109 Å². The molecule has 0 aliphatic carbocycles. The van der Waals surface area contributed by atoms with Crippen molar-refractivity contribution in [2.45, 2.75) is 19.3 Å². The molecular weight excluding hydrogens is 200 g/mol. The first-order chi connectivity index (χ1) is 5.83. The maximum Gasteiger partial charge on any atom is 0.372 e. The predicted molar refractivity (Wildman–Crippen MR) is 42.9 cm³/mol. The summed E-state index contributed by atoms with van der Waals surface area (Å²) < 4.78 is 28.6. The third-order valence-electron chi connectivity index (χ3n) is 1.29. The second kappa shape index (κ2) is 4.93. The van der Waals surface area contributed by atoms with Crippen molar-refractivity contribution in [3.8, 4) is 0 Å². The minimum atomic E-state index is -4.00. The summed E-state index contributed by atoms with van der Waals surface area (Å²) in [6.07, 6.45) is 0.0215. The monoisotopic (exact) mass is 210 g/mol. The van der Waals surface area contributed by atoms with Gasteiger partial charge < -0.3 is 5.11 Å². The molecule has 0 rings (SSSR count). The van der Waals surface area contributed by atoms with Crippen molar-refractivity contribution in [3.05, 3.63) is 0 Å². The molecule has 0 saturated heterocycles. The highest BCUT2D eigenvalue weighted by Crippen LogP contribution is 1.99. The first-order valence-electron chi connectivity index (χ1n) is 3.54. The van der Waals surface area contributed by atoms with Gasteiger partial charge in [0.05, 0.1) is 5.75 Å². The Balaban J connectivity index is 3.59. The minimum absolute atomic E-state index is 0.0812. The van der Waals surface area contributed by atoms with E-state index in [9.17, 15) is 18.0 Å². The summed E-state index contributed by atoms with van der Waals surface area (Å²) in [5.41, 5.74) is 0. The van der Waals surface area contributed by atoms with E-state index < -0.39 is 27.6 Å². The average Bonchev–Trinajstić information content (AvgIpc) is 1.95. The van der Waals surface area contributed by atoms with Crippen molar-refractivity contribution in [2.24, 2.45) is 0 Å². The number of carbonyl (C=O) groups is 2. The predicted octanol–water partition coefficient (Wildman–Crippen LogP) is -0.302. The number of hydrogen-bond donors (Lipinski definition) is 2. The number of carboxylic acids is 1.